The maximum absolute atomic E-state index is 13.6. The summed E-state index contributed by atoms with van der Waals surface area (Å²) in [6.45, 7) is 2.96. The average Bonchev–Trinajstić information content (AvgIpc) is 3.12. The number of nitrogens with two attached hydrogens (primary N) is 2. The van der Waals surface area contributed by atoms with Crippen LogP contribution in [0.3, 0.4) is 0 Å². The first kappa shape index (κ1) is 49.0. The summed E-state index contributed by atoms with van der Waals surface area (Å²) in [7, 11) is 0.546. The summed E-state index contributed by atoms with van der Waals surface area (Å²) >= 11 is 0. The van der Waals surface area contributed by atoms with Crippen molar-refractivity contribution in [2.24, 2.45) is 16.5 Å². The van der Waals surface area contributed by atoms with E-state index in [4.69, 9.17) is 36.0 Å². The molecule has 16 nitrogen and oxygen atoms in total. The summed E-state index contributed by atoms with van der Waals surface area (Å²) in [5, 5.41) is 20.1. The van der Waals surface area contributed by atoms with Crippen LogP contribution in [0.4, 0.5) is 31.1 Å². The molecule has 1 fully saturated rings. The van der Waals surface area contributed by atoms with Crippen LogP contribution in [0.15, 0.2) is 64.5 Å². The second-order valence-electron chi connectivity index (χ2n) is 11.7. The Labute approximate surface area is 321 Å². The monoisotopic (exact) mass is 847 g/mol. The van der Waals surface area contributed by atoms with Crippen molar-refractivity contribution in [2.45, 2.75) is 48.6 Å². The van der Waals surface area contributed by atoms with Crippen molar-refractivity contribution in [3.8, 4) is 5.75 Å². The van der Waals surface area contributed by atoms with E-state index in [1.807, 2.05) is 37.4 Å². The molecule has 0 saturated carbocycles. The van der Waals surface area contributed by atoms with E-state index >= 15 is 0 Å². The van der Waals surface area contributed by atoms with Gasteiger partial charge in [-0.1, -0.05) is 30.3 Å². The number of methoxy groups -OCH3 is 1. The topological polar surface area (TPSA) is 247 Å². The van der Waals surface area contributed by atoms with Gasteiger partial charge in [0.2, 0.25) is 14.8 Å². The molecule has 3 rings (SSSR count). The Morgan fingerprint density at radius 1 is 0.893 bits per heavy atom. The van der Waals surface area contributed by atoms with Gasteiger partial charge in [-0.05, 0) is 60.5 Å². The number of urea groups is 1. The van der Waals surface area contributed by atoms with Gasteiger partial charge < -0.3 is 46.9 Å². The number of carbonyl (C=O) groups is 4. The fourth-order valence-electron chi connectivity index (χ4n) is 4.34. The molecule has 0 bridgehead atoms. The third-order valence-electron chi connectivity index (χ3n) is 7.30. The van der Waals surface area contributed by atoms with Gasteiger partial charge in [0.25, 0.3) is 0 Å². The number of carbonyl (C=O) groups excluding carboxylic acids is 2. The Kier molecular flexibility index (Phi) is 20.3. The largest absolute Gasteiger partial charge is 0.497 e. The number of ether oxygens (including phenoxy) is 1. The van der Waals surface area contributed by atoms with E-state index < -0.39 is 51.2 Å². The maximum atomic E-state index is 13.6. The number of benzene rings is 2. The van der Waals surface area contributed by atoms with Crippen LogP contribution in [0.25, 0.3) is 0 Å². The van der Waals surface area contributed by atoms with Crippen molar-refractivity contribution in [3.05, 3.63) is 60.2 Å². The molecule has 1 aliphatic heterocycles. The highest BCUT2D eigenvalue weighted by atomic mass is 33.1. The molecular formula is C32H43F6N7O9S2. The van der Waals surface area contributed by atoms with Crippen LogP contribution in [0.1, 0.15) is 18.4 Å². The van der Waals surface area contributed by atoms with Gasteiger partial charge in [0.1, 0.15) is 11.8 Å². The Bertz CT molecular complexity index is 1670. The molecule has 8 N–H and O–H groups in total. The standard InChI is InChI=1S/C28H41N7O5S2.2C2HF3O2/c1-34-15-17-35(18-16-34)28(37)33-25(19-21-7-4-3-5-8-21)26(36)32-22(9-6-14-31-27(29)30)20-41-42(38,39)24-12-10-23(40-2)11-13-24;2*3-2(4,5)1(6)7/h3-5,7-8,10-13,22,25H,6,9,14-20H2,1-2H3,(H,32,36)(H,33,37)(H4,29,30,31);2*(H,6,7)/t22-,25-;;/m0../s1. The summed E-state index contributed by atoms with van der Waals surface area (Å²) in [5.41, 5.74) is 11.8. The summed E-state index contributed by atoms with van der Waals surface area (Å²) in [6, 6.07) is 13.9. The Balaban J connectivity index is 0.000000949. The van der Waals surface area contributed by atoms with Crippen molar-refractivity contribution in [1.82, 2.24) is 20.4 Å². The van der Waals surface area contributed by atoms with E-state index in [1.165, 1.54) is 19.2 Å². The van der Waals surface area contributed by atoms with Crippen LogP contribution in [-0.2, 0) is 29.7 Å². The van der Waals surface area contributed by atoms with Crippen LogP contribution < -0.4 is 26.8 Å². The number of carboxylic acid groups (broad SMARTS) is 2. The van der Waals surface area contributed by atoms with Crippen molar-refractivity contribution in [2.75, 3.05) is 52.6 Å². The number of piperazine rings is 1. The molecule has 0 spiro atoms. The molecule has 0 radical (unpaired) electrons. The molecule has 24 heteroatoms. The number of hydrogen-bond donors (Lipinski definition) is 6. The van der Waals surface area contributed by atoms with Crippen LogP contribution in [-0.4, -0.2) is 135 Å². The first-order valence-electron chi connectivity index (χ1n) is 16.2. The molecule has 314 valence electrons. The fourth-order valence-corrected chi connectivity index (χ4v) is 7.31. The lowest BCUT2D eigenvalue weighted by Gasteiger charge is -2.33. The highest BCUT2D eigenvalue weighted by Gasteiger charge is 2.39. The molecule has 0 aliphatic carbocycles. The first-order valence-corrected chi connectivity index (χ1v) is 19.2. The molecule has 56 heavy (non-hydrogen) atoms. The molecule has 1 heterocycles. The zero-order valence-corrected chi connectivity index (χ0v) is 31.7. The molecule has 1 saturated heterocycles. The van der Waals surface area contributed by atoms with E-state index in [-0.39, 0.29) is 29.1 Å². The van der Waals surface area contributed by atoms with E-state index in [2.05, 4.69) is 20.5 Å². The van der Waals surface area contributed by atoms with Crippen LogP contribution in [0.5, 0.6) is 5.75 Å². The summed E-state index contributed by atoms with van der Waals surface area (Å²) in [6.07, 6.45) is -8.94. The first-order chi connectivity index (χ1) is 26.0. The average molecular weight is 848 g/mol. The molecule has 1 aliphatic rings. The molecule has 3 amide bonds. The van der Waals surface area contributed by atoms with Gasteiger partial charge in [-0.15, -0.1) is 0 Å². The molecule has 0 aromatic heterocycles. The lowest BCUT2D eigenvalue weighted by atomic mass is 10.0. The maximum Gasteiger partial charge on any atom is 0.490 e. The van der Waals surface area contributed by atoms with Crippen molar-refractivity contribution in [3.63, 3.8) is 0 Å². The Morgan fingerprint density at radius 2 is 1.41 bits per heavy atom. The molecule has 2 atom stereocenters. The van der Waals surface area contributed by atoms with Crippen LogP contribution in [0.2, 0.25) is 0 Å². The molecular weight excluding hydrogens is 805 g/mol. The molecule has 2 aromatic carbocycles. The number of nitrogens with zero attached hydrogens (tertiary/aromatic N) is 3. The van der Waals surface area contributed by atoms with Crippen LogP contribution >= 0.6 is 10.8 Å². The van der Waals surface area contributed by atoms with Gasteiger partial charge in [0.15, 0.2) is 5.96 Å². The fraction of sp³-hybridized carbons (Fsp3) is 0.469. The van der Waals surface area contributed by atoms with Gasteiger partial charge in [-0.3, -0.25) is 9.79 Å². The number of guanidine groups is 1. The summed E-state index contributed by atoms with van der Waals surface area (Å²) in [5.74, 6) is -5.31. The Hall–Kier alpha value is -4.97. The molecule has 2 aromatic rings. The third-order valence-corrected chi connectivity index (χ3v) is 10.9. The van der Waals surface area contributed by atoms with Gasteiger partial charge in [-0.2, -0.15) is 26.3 Å². The van der Waals surface area contributed by atoms with E-state index in [9.17, 15) is 44.3 Å². The zero-order valence-electron chi connectivity index (χ0n) is 30.0. The van der Waals surface area contributed by atoms with Gasteiger partial charge in [-0.25, -0.2) is 22.8 Å². The zero-order chi connectivity index (χ0) is 42.7. The second kappa shape index (κ2) is 23.2. The number of halogens is 6. The van der Waals surface area contributed by atoms with Crippen LogP contribution in [0, 0.1) is 0 Å². The van der Waals surface area contributed by atoms with Gasteiger partial charge >= 0.3 is 30.3 Å². The van der Waals surface area contributed by atoms with E-state index in [1.54, 1.807) is 17.0 Å². The quantitative estimate of drug-likeness (QED) is 0.0527. The van der Waals surface area contributed by atoms with E-state index in [0.29, 0.717) is 38.2 Å². The smallest absolute Gasteiger partial charge is 0.490 e. The summed E-state index contributed by atoms with van der Waals surface area (Å²) in [4.78, 5) is 52.5. The SMILES string of the molecule is COc1ccc(S(=O)(=O)SC[C@H](CCCN=C(N)N)NC(=O)[C@H](Cc2ccccc2)NC(=O)N2CCN(C)CC2)cc1.O=C(O)C(F)(F)F.O=C(O)C(F)(F)F. The summed E-state index contributed by atoms with van der Waals surface area (Å²) < 4.78 is 94.7. The molecule has 0 unspecified atom stereocenters. The minimum absolute atomic E-state index is 0.0402. The predicted octanol–water partition coefficient (Wildman–Crippen LogP) is 2.49. The normalized spacial score (nSPS) is 14.3. The number of hydrogen-bond acceptors (Lipinski definition) is 10. The number of amides is 3. The number of likely N-dealkylation sites (N-methyl/N-ethyl adjacent to an activating group) is 1. The lowest BCUT2D eigenvalue weighted by molar-refractivity contribution is -0.193. The number of nitrogens with one attached hydrogen (secondary N) is 2. The van der Waals surface area contributed by atoms with Crippen molar-refractivity contribution < 1.29 is 68.9 Å². The minimum Gasteiger partial charge on any atom is -0.497 e. The Morgan fingerprint density at radius 3 is 1.88 bits per heavy atom. The lowest BCUT2D eigenvalue weighted by Crippen LogP contribution is -2.57. The highest BCUT2D eigenvalue weighted by Crippen LogP contribution is 2.26. The number of aliphatic carboxylic acids is 2. The highest BCUT2D eigenvalue weighted by molar-refractivity contribution is 8.72. The second-order valence-corrected chi connectivity index (χ2v) is 15.6. The van der Waals surface area contributed by atoms with E-state index in [0.717, 1.165) is 29.4 Å². The number of carboxylic acids is 2. The van der Waals surface area contributed by atoms with Crippen molar-refractivity contribution >= 4 is 49.5 Å². The number of rotatable bonds is 14. The minimum atomic E-state index is -5.08. The number of aliphatic imine (C=N–C) groups is 1. The van der Waals surface area contributed by atoms with Crippen molar-refractivity contribution in [1.29, 1.82) is 0 Å². The van der Waals surface area contributed by atoms with Gasteiger partial charge in [0.05, 0.1) is 12.0 Å². The van der Waals surface area contributed by atoms with Gasteiger partial charge in [0, 0.05) is 50.9 Å². The third kappa shape index (κ3) is 19.6. The number of alkyl halides is 6. The predicted molar refractivity (Wildman–Crippen MR) is 193 cm³/mol.